The first kappa shape index (κ1) is 59.3. The Balaban J connectivity index is 2.25. The van der Waals surface area contributed by atoms with Gasteiger partial charge in [-0.3, -0.25) is 4.79 Å². The third-order valence-electron chi connectivity index (χ3n) is 13.1. The summed E-state index contributed by atoms with van der Waals surface area (Å²) in [5.74, 6) is 0.0699. The normalized spacial score (nSPS) is 17.1. The van der Waals surface area contributed by atoms with Crippen LogP contribution in [0.4, 0.5) is 0 Å². The van der Waals surface area contributed by atoms with Gasteiger partial charge in [-0.15, -0.1) is 0 Å². The molecule has 2 nitrogen and oxygen atoms in total. The fourth-order valence-corrected chi connectivity index (χ4v) is 8.00. The van der Waals surface area contributed by atoms with Gasteiger partial charge in [0, 0.05) is 5.57 Å². The number of carbonyl (C=O) groups is 1. The summed E-state index contributed by atoms with van der Waals surface area (Å²) in [5, 5.41) is 10.2. The molecule has 0 fully saturated rings. The monoisotopic (exact) mass is 887 g/mol. The first-order valence-corrected chi connectivity index (χ1v) is 25.7. The van der Waals surface area contributed by atoms with Gasteiger partial charge in [0.2, 0.25) is 0 Å². The molecule has 0 bridgehead atoms. The van der Waals surface area contributed by atoms with Gasteiger partial charge in [-0.2, -0.15) is 0 Å². The summed E-state index contributed by atoms with van der Waals surface area (Å²) < 4.78 is 0. The molecule has 362 valence electrons. The molecule has 1 unspecified atom stereocenters. The Labute approximate surface area is 402 Å². The second kappa shape index (κ2) is 35.4. The molecule has 0 saturated heterocycles. The zero-order valence-electron chi connectivity index (χ0n) is 44.7. The number of hydrogen-bond donors (Lipinski definition) is 1. The molecule has 1 atom stereocenters. The summed E-state index contributed by atoms with van der Waals surface area (Å²) in [6, 6.07) is 0. The Morgan fingerprint density at radius 1 is 0.385 bits per heavy atom. The van der Waals surface area contributed by atoms with E-state index in [2.05, 4.69) is 150 Å². The van der Waals surface area contributed by atoms with Crippen LogP contribution < -0.4 is 0 Å². The van der Waals surface area contributed by atoms with Gasteiger partial charge in [-0.1, -0.05) is 128 Å². The van der Waals surface area contributed by atoms with E-state index in [1.807, 2.05) is 13.8 Å². The Bertz CT molecular complexity index is 1870. The number of Topliss-reactive ketones (excluding diaryl/α,β-unsaturated/α-hetero) is 1. The Kier molecular flexibility index (Phi) is 32.3. The van der Waals surface area contributed by atoms with E-state index in [0.717, 1.165) is 102 Å². The molecule has 2 heteroatoms. The number of aliphatic hydroxyl groups excluding tert-OH is 1. The highest BCUT2D eigenvalue weighted by atomic mass is 16.3. The molecule has 1 N–H and O–H groups in total. The van der Waals surface area contributed by atoms with Gasteiger partial charge in [0.25, 0.3) is 0 Å². The highest BCUT2D eigenvalue weighted by molar-refractivity contribution is 6.09. The lowest BCUT2D eigenvalue weighted by molar-refractivity contribution is -0.112. The van der Waals surface area contributed by atoms with Crippen molar-refractivity contribution in [2.45, 2.75) is 238 Å². The summed E-state index contributed by atoms with van der Waals surface area (Å²) >= 11 is 0. The lowest BCUT2D eigenvalue weighted by Crippen LogP contribution is -2.19. The minimum absolute atomic E-state index is 0.0699. The largest absolute Gasteiger partial charge is 0.385 e. The number of aliphatic hydroxyl groups is 1. The van der Waals surface area contributed by atoms with E-state index in [1.54, 1.807) is 6.08 Å². The molecule has 0 spiro atoms. The second-order valence-corrected chi connectivity index (χ2v) is 20.2. The highest BCUT2D eigenvalue weighted by Gasteiger charge is 2.22. The van der Waals surface area contributed by atoms with Crippen molar-refractivity contribution >= 4 is 5.78 Å². The third-order valence-corrected chi connectivity index (χ3v) is 13.1. The van der Waals surface area contributed by atoms with E-state index in [9.17, 15) is 9.90 Å². The van der Waals surface area contributed by atoms with Crippen LogP contribution in [-0.2, 0) is 4.79 Å². The second-order valence-electron chi connectivity index (χ2n) is 20.2. The average Bonchev–Trinajstić information content (AvgIpc) is 3.23. The van der Waals surface area contributed by atoms with Crippen molar-refractivity contribution in [3.05, 3.63) is 151 Å². The van der Waals surface area contributed by atoms with Gasteiger partial charge in [-0.05, 0) is 249 Å². The SMILES string of the molecule is CC(C)=CCCC(C)=CCCC(C)=CCCC(C)=CCCC(C)=CCCC(C)=CCCC(C)=CCCC(C)=CCCC(C)=CCCC(C)=CCCC(C)=CCC1=CC(O)C(C)=C(C)C1=O. The van der Waals surface area contributed by atoms with Gasteiger partial charge >= 0.3 is 0 Å². The smallest absolute Gasteiger partial charge is 0.184 e. The van der Waals surface area contributed by atoms with Crippen molar-refractivity contribution in [2.75, 3.05) is 0 Å². The molecule has 0 amide bonds. The van der Waals surface area contributed by atoms with Crippen LogP contribution in [0.5, 0.6) is 0 Å². The van der Waals surface area contributed by atoms with Gasteiger partial charge in [0.15, 0.2) is 5.78 Å². The molecular formula is C63H98O2. The lowest BCUT2D eigenvalue weighted by Gasteiger charge is -2.19. The van der Waals surface area contributed by atoms with Crippen molar-refractivity contribution in [2.24, 2.45) is 0 Å². The van der Waals surface area contributed by atoms with E-state index < -0.39 is 6.10 Å². The summed E-state index contributed by atoms with van der Waals surface area (Å²) in [5.41, 5.74) is 18.4. The van der Waals surface area contributed by atoms with Crippen molar-refractivity contribution in [1.29, 1.82) is 0 Å². The van der Waals surface area contributed by atoms with Crippen LogP contribution in [0.25, 0.3) is 0 Å². The molecule has 1 rings (SSSR count). The van der Waals surface area contributed by atoms with Crippen molar-refractivity contribution < 1.29 is 9.90 Å². The van der Waals surface area contributed by atoms with Crippen LogP contribution in [0.15, 0.2) is 151 Å². The Morgan fingerprint density at radius 3 is 0.831 bits per heavy atom. The molecule has 0 aromatic rings. The Morgan fingerprint density at radius 2 is 0.600 bits per heavy atom. The third kappa shape index (κ3) is 31.0. The maximum Gasteiger partial charge on any atom is 0.184 e. The molecule has 1 aliphatic carbocycles. The summed E-state index contributed by atoms with van der Waals surface area (Å²) in [6.07, 6.45) is 50.8. The van der Waals surface area contributed by atoms with Crippen LogP contribution >= 0.6 is 0 Å². The maximum absolute atomic E-state index is 12.5. The average molecular weight is 887 g/mol. The molecule has 1 aliphatic rings. The maximum atomic E-state index is 12.5. The standard InChI is InChI=1S/C63H98O2/c1-48(2)25-15-26-49(3)27-16-28-50(4)29-17-30-51(5)31-18-32-52(6)33-19-34-53(7)35-20-36-54(8)37-21-38-55(9)39-22-40-56(10)41-23-42-57(11)43-24-44-58(12)45-46-61-47-62(64)59(13)60(14)63(61)65/h25,27,29,31,33,35,37,39,41,43,45,47,62,64H,15-24,26,28,30,32,34,36,38,40,42,44,46H2,1-14H3. The molecule has 0 aliphatic heterocycles. The van der Waals surface area contributed by atoms with Crippen molar-refractivity contribution in [1.82, 2.24) is 0 Å². The van der Waals surface area contributed by atoms with E-state index >= 15 is 0 Å². The highest BCUT2D eigenvalue weighted by Crippen LogP contribution is 2.25. The van der Waals surface area contributed by atoms with E-state index in [1.165, 1.54) is 93.4 Å². The number of carbonyl (C=O) groups excluding carboxylic acids is 1. The van der Waals surface area contributed by atoms with Crippen molar-refractivity contribution in [3.63, 3.8) is 0 Å². The number of ketones is 1. The minimum Gasteiger partial charge on any atom is -0.385 e. The quantitative estimate of drug-likeness (QED) is 0.0684. The summed E-state index contributed by atoms with van der Waals surface area (Å²) in [7, 11) is 0. The fourth-order valence-electron chi connectivity index (χ4n) is 8.00. The number of allylic oxidation sites excluding steroid dienone is 24. The van der Waals surface area contributed by atoms with E-state index in [0.29, 0.717) is 17.6 Å². The van der Waals surface area contributed by atoms with Crippen LogP contribution in [0.3, 0.4) is 0 Å². The number of rotatable bonds is 32. The van der Waals surface area contributed by atoms with E-state index in [-0.39, 0.29) is 5.78 Å². The summed E-state index contributed by atoms with van der Waals surface area (Å²) in [4.78, 5) is 12.5. The molecule has 0 heterocycles. The van der Waals surface area contributed by atoms with Crippen LogP contribution in [-0.4, -0.2) is 17.0 Å². The van der Waals surface area contributed by atoms with Gasteiger partial charge < -0.3 is 5.11 Å². The predicted octanol–water partition coefficient (Wildman–Crippen LogP) is 19.8. The van der Waals surface area contributed by atoms with Gasteiger partial charge in [0.1, 0.15) is 0 Å². The first-order chi connectivity index (χ1) is 30.9. The van der Waals surface area contributed by atoms with Gasteiger partial charge in [-0.25, -0.2) is 0 Å². The topological polar surface area (TPSA) is 37.3 Å². The number of hydrogen-bond acceptors (Lipinski definition) is 2. The fraction of sp³-hybridized carbons (Fsp3) is 0.571. The molecule has 0 aromatic heterocycles. The van der Waals surface area contributed by atoms with Gasteiger partial charge in [0.05, 0.1) is 6.10 Å². The summed E-state index contributed by atoms with van der Waals surface area (Å²) in [6.45, 7) is 30.7. The van der Waals surface area contributed by atoms with E-state index in [4.69, 9.17) is 0 Å². The molecule has 65 heavy (non-hydrogen) atoms. The van der Waals surface area contributed by atoms with Crippen LogP contribution in [0, 0.1) is 0 Å². The van der Waals surface area contributed by atoms with Crippen LogP contribution in [0.2, 0.25) is 0 Å². The molecular weight excluding hydrogens is 789 g/mol. The Hall–Kier alpha value is -3.75. The lowest BCUT2D eigenvalue weighted by atomic mass is 9.88. The molecule has 0 saturated carbocycles. The van der Waals surface area contributed by atoms with Crippen molar-refractivity contribution in [3.8, 4) is 0 Å². The molecule has 0 radical (unpaired) electrons. The minimum atomic E-state index is -0.637. The first-order valence-electron chi connectivity index (χ1n) is 25.7. The zero-order valence-corrected chi connectivity index (χ0v) is 44.7. The van der Waals surface area contributed by atoms with Crippen LogP contribution in [0.1, 0.15) is 232 Å². The predicted molar refractivity (Wildman–Crippen MR) is 291 cm³/mol. The molecule has 0 aromatic carbocycles. The zero-order chi connectivity index (χ0) is 48.6.